The third-order valence-corrected chi connectivity index (χ3v) is 4.75. The molecular formula is C21H24FN3O3. The van der Waals surface area contributed by atoms with Gasteiger partial charge in [0.05, 0.1) is 20.8 Å². The monoisotopic (exact) mass is 385 g/mol. The Hall–Kier alpha value is -2.93. The van der Waals surface area contributed by atoms with Crippen molar-refractivity contribution < 1.29 is 18.4 Å². The number of aromatic nitrogens is 2. The van der Waals surface area contributed by atoms with E-state index < -0.39 is 0 Å². The van der Waals surface area contributed by atoms with Crippen molar-refractivity contribution in [3.63, 3.8) is 0 Å². The number of hydrogen-bond donors (Lipinski definition) is 0. The van der Waals surface area contributed by atoms with E-state index in [1.165, 1.54) is 12.1 Å². The van der Waals surface area contributed by atoms with Gasteiger partial charge in [0.25, 0.3) is 0 Å². The first-order valence-corrected chi connectivity index (χ1v) is 9.10. The molecular weight excluding hydrogens is 361 g/mol. The molecule has 0 radical (unpaired) electrons. The van der Waals surface area contributed by atoms with Gasteiger partial charge < -0.3 is 14.0 Å². The first kappa shape index (κ1) is 19.8. The SMILES string of the molecule is CCN(Cc1nc(-c2ccc(OC)c(OC)c2)no1)C(C)c1ccc(F)cc1. The molecule has 1 unspecified atom stereocenters. The summed E-state index contributed by atoms with van der Waals surface area (Å²) >= 11 is 0. The summed E-state index contributed by atoms with van der Waals surface area (Å²) in [7, 11) is 3.17. The molecule has 3 aromatic rings. The number of hydrogen-bond acceptors (Lipinski definition) is 6. The Kier molecular flexibility index (Phi) is 6.26. The van der Waals surface area contributed by atoms with E-state index in [0.717, 1.165) is 17.7 Å². The van der Waals surface area contributed by atoms with Crippen molar-refractivity contribution in [1.29, 1.82) is 0 Å². The molecule has 0 aliphatic heterocycles. The van der Waals surface area contributed by atoms with E-state index in [2.05, 4.69) is 28.9 Å². The van der Waals surface area contributed by atoms with Gasteiger partial charge in [0.2, 0.25) is 11.7 Å². The van der Waals surface area contributed by atoms with Gasteiger partial charge in [0.15, 0.2) is 11.5 Å². The van der Waals surface area contributed by atoms with Crippen molar-refractivity contribution >= 4 is 0 Å². The molecule has 7 heteroatoms. The Labute approximate surface area is 163 Å². The molecule has 6 nitrogen and oxygen atoms in total. The molecule has 0 amide bonds. The number of halogens is 1. The molecule has 0 saturated carbocycles. The van der Waals surface area contributed by atoms with Gasteiger partial charge in [-0.25, -0.2) is 4.39 Å². The minimum Gasteiger partial charge on any atom is -0.493 e. The van der Waals surface area contributed by atoms with Crippen LogP contribution in [0.3, 0.4) is 0 Å². The second-order valence-corrected chi connectivity index (χ2v) is 6.37. The maximum Gasteiger partial charge on any atom is 0.241 e. The molecule has 0 fully saturated rings. The Balaban J connectivity index is 1.76. The molecule has 2 aromatic carbocycles. The van der Waals surface area contributed by atoms with Crippen molar-refractivity contribution in [3.05, 3.63) is 59.7 Å². The van der Waals surface area contributed by atoms with Gasteiger partial charge in [-0.3, -0.25) is 4.90 Å². The van der Waals surface area contributed by atoms with Crippen LogP contribution in [0.4, 0.5) is 4.39 Å². The molecule has 0 saturated heterocycles. The number of rotatable bonds is 8. The lowest BCUT2D eigenvalue weighted by Crippen LogP contribution is -2.26. The average Bonchev–Trinajstić information content (AvgIpc) is 3.20. The maximum absolute atomic E-state index is 13.2. The van der Waals surface area contributed by atoms with E-state index in [9.17, 15) is 4.39 Å². The normalized spacial score (nSPS) is 12.2. The maximum atomic E-state index is 13.2. The van der Waals surface area contributed by atoms with Crippen LogP contribution in [0, 0.1) is 5.82 Å². The average molecular weight is 385 g/mol. The van der Waals surface area contributed by atoms with Gasteiger partial charge in [-0.15, -0.1) is 0 Å². The topological polar surface area (TPSA) is 60.6 Å². The van der Waals surface area contributed by atoms with E-state index in [0.29, 0.717) is 29.8 Å². The highest BCUT2D eigenvalue weighted by molar-refractivity contribution is 5.60. The Morgan fingerprint density at radius 1 is 1.07 bits per heavy atom. The van der Waals surface area contributed by atoms with Gasteiger partial charge in [0, 0.05) is 11.6 Å². The van der Waals surface area contributed by atoms with Gasteiger partial charge in [0.1, 0.15) is 5.82 Å². The fraction of sp³-hybridized carbons (Fsp3) is 0.333. The molecule has 0 aliphatic carbocycles. The predicted molar refractivity (Wildman–Crippen MR) is 104 cm³/mol. The summed E-state index contributed by atoms with van der Waals surface area (Å²) < 4.78 is 29.2. The van der Waals surface area contributed by atoms with Gasteiger partial charge in [-0.1, -0.05) is 24.2 Å². The molecule has 3 rings (SSSR count). The third kappa shape index (κ3) is 4.31. The summed E-state index contributed by atoms with van der Waals surface area (Å²) in [5.74, 6) is 2.00. The molecule has 0 spiro atoms. The third-order valence-electron chi connectivity index (χ3n) is 4.75. The molecule has 148 valence electrons. The van der Waals surface area contributed by atoms with Crippen LogP contribution < -0.4 is 9.47 Å². The van der Waals surface area contributed by atoms with Crippen LogP contribution in [-0.4, -0.2) is 35.8 Å². The van der Waals surface area contributed by atoms with Gasteiger partial charge in [-0.05, 0) is 49.4 Å². The summed E-state index contributed by atoms with van der Waals surface area (Å²) in [5, 5.41) is 4.09. The molecule has 1 aromatic heterocycles. The highest BCUT2D eigenvalue weighted by atomic mass is 19.1. The van der Waals surface area contributed by atoms with Crippen LogP contribution in [0.2, 0.25) is 0 Å². The molecule has 0 bridgehead atoms. The van der Waals surface area contributed by atoms with Crippen LogP contribution in [0.15, 0.2) is 47.0 Å². The van der Waals surface area contributed by atoms with Crippen molar-refractivity contribution in [2.45, 2.75) is 26.4 Å². The lowest BCUT2D eigenvalue weighted by atomic mass is 10.1. The van der Waals surface area contributed by atoms with E-state index in [4.69, 9.17) is 14.0 Å². The highest BCUT2D eigenvalue weighted by Crippen LogP contribution is 2.31. The standard InChI is InChI=1S/C21H24FN3O3/c1-5-25(14(2)15-6-9-17(22)10-7-15)13-20-23-21(24-28-20)16-8-11-18(26-3)19(12-16)27-4/h6-12,14H,5,13H2,1-4H3. The van der Waals surface area contributed by atoms with Crippen LogP contribution in [0.1, 0.15) is 31.3 Å². The lowest BCUT2D eigenvalue weighted by Gasteiger charge is -2.26. The number of benzene rings is 2. The fourth-order valence-corrected chi connectivity index (χ4v) is 3.06. The van der Waals surface area contributed by atoms with Crippen molar-refractivity contribution in [1.82, 2.24) is 15.0 Å². The van der Waals surface area contributed by atoms with Gasteiger partial charge >= 0.3 is 0 Å². The number of nitrogens with zero attached hydrogens (tertiary/aromatic N) is 3. The highest BCUT2D eigenvalue weighted by Gasteiger charge is 2.19. The summed E-state index contributed by atoms with van der Waals surface area (Å²) in [4.78, 5) is 6.69. The lowest BCUT2D eigenvalue weighted by molar-refractivity contribution is 0.184. The van der Waals surface area contributed by atoms with Crippen molar-refractivity contribution in [2.75, 3.05) is 20.8 Å². The minimum atomic E-state index is -0.240. The Bertz CT molecular complexity index is 912. The first-order valence-electron chi connectivity index (χ1n) is 9.10. The van der Waals surface area contributed by atoms with E-state index >= 15 is 0 Å². The van der Waals surface area contributed by atoms with Gasteiger partial charge in [-0.2, -0.15) is 4.98 Å². The molecule has 0 aliphatic rings. The van der Waals surface area contributed by atoms with E-state index in [1.54, 1.807) is 32.4 Å². The second kappa shape index (κ2) is 8.84. The summed E-state index contributed by atoms with van der Waals surface area (Å²) in [6, 6.07) is 12.1. The van der Waals surface area contributed by atoms with Crippen LogP contribution in [0.25, 0.3) is 11.4 Å². The molecule has 1 atom stereocenters. The summed E-state index contributed by atoms with van der Waals surface area (Å²) in [6.45, 7) is 5.41. The van der Waals surface area contributed by atoms with E-state index in [1.807, 2.05) is 12.1 Å². The zero-order chi connectivity index (χ0) is 20.1. The fourth-order valence-electron chi connectivity index (χ4n) is 3.06. The van der Waals surface area contributed by atoms with Crippen LogP contribution >= 0.6 is 0 Å². The predicted octanol–water partition coefficient (Wildman–Crippen LogP) is 4.48. The van der Waals surface area contributed by atoms with E-state index in [-0.39, 0.29) is 11.9 Å². The quantitative estimate of drug-likeness (QED) is 0.570. The van der Waals surface area contributed by atoms with Crippen LogP contribution in [0.5, 0.6) is 11.5 Å². The number of ether oxygens (including phenoxy) is 2. The minimum absolute atomic E-state index is 0.0852. The first-order chi connectivity index (χ1) is 13.5. The second-order valence-electron chi connectivity index (χ2n) is 6.37. The summed E-state index contributed by atoms with van der Waals surface area (Å²) in [5.41, 5.74) is 1.81. The Morgan fingerprint density at radius 2 is 1.79 bits per heavy atom. The largest absolute Gasteiger partial charge is 0.493 e. The van der Waals surface area contributed by atoms with Crippen LogP contribution in [-0.2, 0) is 6.54 Å². The number of methoxy groups -OCH3 is 2. The van der Waals surface area contributed by atoms with Crippen molar-refractivity contribution in [3.8, 4) is 22.9 Å². The van der Waals surface area contributed by atoms with Crippen molar-refractivity contribution in [2.24, 2.45) is 0 Å². The Morgan fingerprint density at radius 3 is 2.43 bits per heavy atom. The smallest absolute Gasteiger partial charge is 0.241 e. The molecule has 28 heavy (non-hydrogen) atoms. The molecule has 1 heterocycles. The summed E-state index contributed by atoms with van der Waals surface area (Å²) in [6.07, 6.45) is 0. The molecule has 0 N–H and O–H groups in total. The zero-order valence-electron chi connectivity index (χ0n) is 16.5. The zero-order valence-corrected chi connectivity index (χ0v) is 16.5.